The molecule has 0 saturated carbocycles. The number of carbonyl (C=O) groups is 1. The van der Waals surface area contributed by atoms with Gasteiger partial charge < -0.3 is 5.11 Å². The molecule has 5 nitrogen and oxygen atoms in total. The maximum Gasteiger partial charge on any atom is 0.273 e. The van der Waals surface area contributed by atoms with Crippen LogP contribution >= 0.6 is 0 Å². The SMILES string of the molecule is CC(O)C(=O)Cc1ccccc1[N+](=O)[O-]. The molecular formula is C10H11NO4. The van der Waals surface area contributed by atoms with E-state index < -0.39 is 16.8 Å². The minimum Gasteiger partial charge on any atom is -0.386 e. The molecule has 0 amide bonds. The quantitative estimate of drug-likeness (QED) is 0.594. The van der Waals surface area contributed by atoms with E-state index in [1.807, 2.05) is 0 Å². The Morgan fingerprint density at radius 2 is 2.13 bits per heavy atom. The fourth-order valence-corrected chi connectivity index (χ4v) is 1.17. The summed E-state index contributed by atoms with van der Waals surface area (Å²) in [7, 11) is 0. The first-order valence-electron chi connectivity index (χ1n) is 4.45. The van der Waals surface area contributed by atoms with Crippen molar-refractivity contribution >= 4 is 11.5 Å². The van der Waals surface area contributed by atoms with Gasteiger partial charge in [0.25, 0.3) is 5.69 Å². The molecule has 5 heteroatoms. The molecule has 1 aromatic carbocycles. The fraction of sp³-hybridized carbons (Fsp3) is 0.300. The molecule has 0 spiro atoms. The Labute approximate surface area is 86.5 Å². The van der Waals surface area contributed by atoms with E-state index in [-0.39, 0.29) is 12.1 Å². The van der Waals surface area contributed by atoms with E-state index in [1.54, 1.807) is 6.07 Å². The molecule has 0 aliphatic heterocycles. The van der Waals surface area contributed by atoms with E-state index in [0.29, 0.717) is 5.56 Å². The van der Waals surface area contributed by atoms with Gasteiger partial charge >= 0.3 is 0 Å². The average molecular weight is 209 g/mol. The Kier molecular flexibility index (Phi) is 3.51. The van der Waals surface area contributed by atoms with Crippen LogP contribution in [0.5, 0.6) is 0 Å². The second-order valence-electron chi connectivity index (χ2n) is 3.20. The summed E-state index contributed by atoms with van der Waals surface area (Å²) in [5, 5.41) is 19.6. The number of para-hydroxylation sites is 1. The van der Waals surface area contributed by atoms with Gasteiger partial charge in [-0.05, 0) is 6.92 Å². The van der Waals surface area contributed by atoms with Gasteiger partial charge in [-0.2, -0.15) is 0 Å². The van der Waals surface area contributed by atoms with Gasteiger partial charge in [0.05, 0.1) is 4.92 Å². The maximum absolute atomic E-state index is 11.2. The summed E-state index contributed by atoms with van der Waals surface area (Å²) in [6, 6.07) is 6.01. The van der Waals surface area contributed by atoms with Crippen LogP contribution in [0.1, 0.15) is 12.5 Å². The number of aliphatic hydroxyl groups is 1. The van der Waals surface area contributed by atoms with Crippen molar-refractivity contribution in [3.8, 4) is 0 Å². The van der Waals surface area contributed by atoms with Crippen LogP contribution in [0.25, 0.3) is 0 Å². The van der Waals surface area contributed by atoms with Gasteiger partial charge in [-0.1, -0.05) is 18.2 Å². The summed E-state index contributed by atoms with van der Waals surface area (Å²) in [6.07, 6.45) is -1.21. The Bertz CT molecular complexity index is 387. The van der Waals surface area contributed by atoms with Crippen LogP contribution in [-0.4, -0.2) is 21.9 Å². The van der Waals surface area contributed by atoms with Crippen LogP contribution < -0.4 is 0 Å². The fourth-order valence-electron chi connectivity index (χ4n) is 1.17. The van der Waals surface area contributed by atoms with Gasteiger partial charge in [0.1, 0.15) is 6.10 Å². The second-order valence-corrected chi connectivity index (χ2v) is 3.20. The Morgan fingerprint density at radius 1 is 1.53 bits per heavy atom. The smallest absolute Gasteiger partial charge is 0.273 e. The van der Waals surface area contributed by atoms with Crippen LogP contribution in [0.4, 0.5) is 5.69 Å². The average Bonchev–Trinajstić information content (AvgIpc) is 2.18. The second kappa shape index (κ2) is 4.65. The molecule has 0 aromatic heterocycles. The number of nitrogens with zero attached hydrogens (tertiary/aromatic N) is 1. The van der Waals surface area contributed by atoms with Crippen molar-refractivity contribution in [1.29, 1.82) is 0 Å². The minimum atomic E-state index is -1.09. The monoisotopic (exact) mass is 209 g/mol. The molecule has 1 atom stereocenters. The van der Waals surface area contributed by atoms with Gasteiger partial charge in [-0.3, -0.25) is 14.9 Å². The third-order valence-electron chi connectivity index (χ3n) is 2.02. The summed E-state index contributed by atoms with van der Waals surface area (Å²) in [5.41, 5.74) is 0.236. The Morgan fingerprint density at radius 3 is 2.67 bits per heavy atom. The number of hydrogen-bond donors (Lipinski definition) is 1. The van der Waals surface area contributed by atoms with E-state index in [2.05, 4.69) is 0 Å². The molecule has 1 aromatic rings. The van der Waals surface area contributed by atoms with Crippen molar-refractivity contribution < 1.29 is 14.8 Å². The largest absolute Gasteiger partial charge is 0.386 e. The molecule has 1 rings (SSSR count). The standard InChI is InChI=1S/C10H11NO4/c1-7(12)10(13)6-8-4-2-3-5-9(8)11(14)15/h2-5,7,12H,6H2,1H3. The number of ketones is 1. The number of aliphatic hydroxyl groups excluding tert-OH is 1. The summed E-state index contributed by atoms with van der Waals surface area (Å²) >= 11 is 0. The molecule has 0 radical (unpaired) electrons. The van der Waals surface area contributed by atoms with Gasteiger partial charge in [0.2, 0.25) is 0 Å². The summed E-state index contributed by atoms with van der Waals surface area (Å²) in [5.74, 6) is -0.427. The van der Waals surface area contributed by atoms with Gasteiger partial charge in [0.15, 0.2) is 5.78 Å². The zero-order valence-corrected chi connectivity index (χ0v) is 8.21. The Balaban J connectivity index is 2.94. The van der Waals surface area contributed by atoms with Gasteiger partial charge in [-0.15, -0.1) is 0 Å². The lowest BCUT2D eigenvalue weighted by molar-refractivity contribution is -0.385. The van der Waals surface area contributed by atoms with Crippen molar-refractivity contribution in [3.05, 3.63) is 39.9 Å². The molecular weight excluding hydrogens is 198 g/mol. The Hall–Kier alpha value is -1.75. The van der Waals surface area contributed by atoms with E-state index in [4.69, 9.17) is 5.11 Å². The number of nitro benzene ring substituents is 1. The molecule has 1 unspecified atom stereocenters. The van der Waals surface area contributed by atoms with Crippen LogP contribution in [0.15, 0.2) is 24.3 Å². The number of benzene rings is 1. The summed E-state index contributed by atoms with van der Waals surface area (Å²) in [4.78, 5) is 21.3. The molecule has 0 heterocycles. The molecule has 0 aliphatic carbocycles. The van der Waals surface area contributed by atoms with Crippen molar-refractivity contribution in [2.75, 3.05) is 0 Å². The van der Waals surface area contributed by atoms with Gasteiger partial charge in [-0.25, -0.2) is 0 Å². The lowest BCUT2D eigenvalue weighted by Gasteiger charge is -2.03. The van der Waals surface area contributed by atoms with E-state index in [9.17, 15) is 14.9 Å². The number of rotatable bonds is 4. The van der Waals surface area contributed by atoms with E-state index in [0.717, 1.165) is 0 Å². The highest BCUT2D eigenvalue weighted by Gasteiger charge is 2.17. The van der Waals surface area contributed by atoms with Crippen LogP contribution in [0.2, 0.25) is 0 Å². The molecule has 0 fully saturated rings. The van der Waals surface area contributed by atoms with E-state index in [1.165, 1.54) is 25.1 Å². The summed E-state index contributed by atoms with van der Waals surface area (Å²) in [6.45, 7) is 1.34. The molecule has 80 valence electrons. The van der Waals surface area contributed by atoms with Crippen LogP contribution in [0.3, 0.4) is 0 Å². The topological polar surface area (TPSA) is 80.4 Å². The third kappa shape index (κ3) is 2.85. The number of Topliss-reactive ketones (excluding diaryl/α,β-unsaturated/α-hetero) is 1. The molecule has 0 aliphatic rings. The molecule has 0 bridgehead atoms. The normalized spacial score (nSPS) is 12.1. The van der Waals surface area contributed by atoms with Crippen molar-refractivity contribution in [3.63, 3.8) is 0 Å². The highest BCUT2D eigenvalue weighted by Crippen LogP contribution is 2.18. The van der Waals surface area contributed by atoms with Crippen LogP contribution in [-0.2, 0) is 11.2 Å². The number of hydrogen-bond acceptors (Lipinski definition) is 4. The molecule has 0 saturated heterocycles. The molecule has 1 N–H and O–H groups in total. The van der Waals surface area contributed by atoms with Gasteiger partial charge in [0, 0.05) is 18.1 Å². The lowest BCUT2D eigenvalue weighted by Crippen LogP contribution is -2.18. The number of carbonyl (C=O) groups excluding carboxylic acids is 1. The predicted molar refractivity (Wildman–Crippen MR) is 53.5 cm³/mol. The minimum absolute atomic E-state index is 0.0912. The van der Waals surface area contributed by atoms with Crippen molar-refractivity contribution in [1.82, 2.24) is 0 Å². The summed E-state index contributed by atoms with van der Waals surface area (Å²) < 4.78 is 0. The lowest BCUT2D eigenvalue weighted by atomic mass is 10.0. The third-order valence-corrected chi connectivity index (χ3v) is 2.02. The first-order chi connectivity index (χ1) is 7.02. The van der Waals surface area contributed by atoms with Crippen molar-refractivity contribution in [2.24, 2.45) is 0 Å². The predicted octanol–water partition coefficient (Wildman–Crippen LogP) is 1.09. The zero-order valence-electron chi connectivity index (χ0n) is 8.21. The molecule has 15 heavy (non-hydrogen) atoms. The van der Waals surface area contributed by atoms with E-state index >= 15 is 0 Å². The first-order valence-corrected chi connectivity index (χ1v) is 4.45. The van der Waals surface area contributed by atoms with Crippen LogP contribution in [0, 0.1) is 10.1 Å². The number of nitro groups is 1. The first kappa shape index (κ1) is 11.3. The highest BCUT2D eigenvalue weighted by molar-refractivity contribution is 5.85. The highest BCUT2D eigenvalue weighted by atomic mass is 16.6. The zero-order chi connectivity index (χ0) is 11.4. The maximum atomic E-state index is 11.2. The van der Waals surface area contributed by atoms with Crippen molar-refractivity contribution in [2.45, 2.75) is 19.4 Å².